The Hall–Kier alpha value is -2.69. The fraction of sp³-hybridized carbons (Fsp3) is 0.273. The van der Waals surface area contributed by atoms with Gasteiger partial charge in [0.05, 0.1) is 11.5 Å². The van der Waals surface area contributed by atoms with Crippen LogP contribution >= 0.6 is 0 Å². The second kappa shape index (κ2) is 8.56. The molecular weight excluding hydrogens is 313 g/mol. The standard InChI is InChI=1S/C9H10N2O4.C2HF3O2/c10-5-9(12)15-6-7-1-3-8(4-2-7)11(13)14;3-2(4,5)1(6)7/h1-4H,5-6,10H2;(H,6,7). The Kier molecular flexibility index (Phi) is 7.52. The molecule has 0 fully saturated rings. The summed E-state index contributed by atoms with van der Waals surface area (Å²) in [5.74, 6) is -3.26. The van der Waals surface area contributed by atoms with Crippen LogP contribution < -0.4 is 5.73 Å². The summed E-state index contributed by atoms with van der Waals surface area (Å²) in [5, 5.41) is 17.5. The molecule has 0 saturated carbocycles. The molecule has 0 radical (unpaired) electrons. The number of hydrogen-bond donors (Lipinski definition) is 2. The number of hydrogen-bond acceptors (Lipinski definition) is 6. The molecule has 122 valence electrons. The largest absolute Gasteiger partial charge is 0.490 e. The molecule has 0 heterocycles. The van der Waals surface area contributed by atoms with Crippen molar-refractivity contribution < 1.29 is 37.5 Å². The van der Waals surface area contributed by atoms with Gasteiger partial charge in [0.15, 0.2) is 0 Å². The molecule has 0 aliphatic rings. The number of carbonyl (C=O) groups is 2. The van der Waals surface area contributed by atoms with Crippen LogP contribution in [0.4, 0.5) is 18.9 Å². The van der Waals surface area contributed by atoms with Gasteiger partial charge >= 0.3 is 18.1 Å². The van der Waals surface area contributed by atoms with Crippen LogP contribution in [-0.4, -0.2) is 34.7 Å². The van der Waals surface area contributed by atoms with E-state index in [0.717, 1.165) is 0 Å². The van der Waals surface area contributed by atoms with E-state index in [2.05, 4.69) is 0 Å². The van der Waals surface area contributed by atoms with Crippen molar-refractivity contribution in [3.8, 4) is 0 Å². The summed E-state index contributed by atoms with van der Waals surface area (Å²) in [6, 6.07) is 5.76. The summed E-state index contributed by atoms with van der Waals surface area (Å²) in [5.41, 5.74) is 5.72. The molecule has 0 amide bonds. The summed E-state index contributed by atoms with van der Waals surface area (Å²) >= 11 is 0. The first-order valence-electron chi connectivity index (χ1n) is 5.47. The van der Waals surface area contributed by atoms with Crippen LogP contribution in [0.1, 0.15) is 5.56 Å². The van der Waals surface area contributed by atoms with E-state index in [1.54, 1.807) is 0 Å². The summed E-state index contributed by atoms with van der Waals surface area (Å²) < 4.78 is 36.5. The number of nitrogens with zero attached hydrogens (tertiary/aromatic N) is 1. The topological polar surface area (TPSA) is 133 Å². The van der Waals surface area contributed by atoms with Crippen molar-refractivity contribution in [1.29, 1.82) is 0 Å². The van der Waals surface area contributed by atoms with Gasteiger partial charge in [-0.3, -0.25) is 14.9 Å². The highest BCUT2D eigenvalue weighted by atomic mass is 19.4. The number of halogens is 3. The molecule has 0 atom stereocenters. The summed E-state index contributed by atoms with van der Waals surface area (Å²) in [6.07, 6.45) is -5.08. The monoisotopic (exact) mass is 324 g/mol. The molecule has 8 nitrogen and oxygen atoms in total. The Balaban J connectivity index is 0.000000534. The minimum Gasteiger partial charge on any atom is -0.475 e. The Labute approximate surface area is 121 Å². The molecule has 0 aromatic heterocycles. The highest BCUT2D eigenvalue weighted by molar-refractivity contribution is 5.73. The maximum Gasteiger partial charge on any atom is 0.490 e. The van der Waals surface area contributed by atoms with Gasteiger partial charge in [-0.15, -0.1) is 0 Å². The first kappa shape index (κ1) is 19.3. The van der Waals surface area contributed by atoms with Crippen molar-refractivity contribution in [2.75, 3.05) is 6.54 Å². The highest BCUT2D eigenvalue weighted by Crippen LogP contribution is 2.13. The SMILES string of the molecule is NCC(=O)OCc1ccc([N+](=O)[O-])cc1.O=C(O)C(F)(F)F. The van der Waals surface area contributed by atoms with E-state index >= 15 is 0 Å². The minimum absolute atomic E-state index is 0.00361. The molecule has 0 spiro atoms. The maximum absolute atomic E-state index is 10.7. The lowest BCUT2D eigenvalue weighted by atomic mass is 10.2. The number of alkyl halides is 3. The molecule has 0 aliphatic heterocycles. The van der Waals surface area contributed by atoms with E-state index in [1.165, 1.54) is 24.3 Å². The van der Waals surface area contributed by atoms with Gasteiger partial charge in [0, 0.05) is 12.1 Å². The van der Waals surface area contributed by atoms with Crippen molar-refractivity contribution >= 4 is 17.6 Å². The number of nitrogens with two attached hydrogens (primary N) is 1. The molecule has 11 heteroatoms. The third-order valence-electron chi connectivity index (χ3n) is 1.96. The lowest BCUT2D eigenvalue weighted by Gasteiger charge is -2.02. The molecule has 1 aromatic rings. The number of esters is 1. The zero-order valence-corrected chi connectivity index (χ0v) is 10.9. The first-order valence-corrected chi connectivity index (χ1v) is 5.47. The van der Waals surface area contributed by atoms with Gasteiger partial charge < -0.3 is 15.6 Å². The summed E-state index contributed by atoms with van der Waals surface area (Å²) in [6.45, 7) is -0.0962. The molecule has 1 rings (SSSR count). The maximum atomic E-state index is 10.7. The van der Waals surface area contributed by atoms with E-state index < -0.39 is 23.0 Å². The van der Waals surface area contributed by atoms with Gasteiger partial charge in [0.25, 0.3) is 5.69 Å². The Morgan fingerprint density at radius 3 is 2.05 bits per heavy atom. The summed E-state index contributed by atoms with van der Waals surface area (Å²) in [7, 11) is 0. The number of nitro benzene ring substituents is 1. The van der Waals surface area contributed by atoms with Crippen molar-refractivity contribution in [1.82, 2.24) is 0 Å². The Morgan fingerprint density at radius 2 is 1.73 bits per heavy atom. The van der Waals surface area contributed by atoms with Crippen LogP contribution in [0.15, 0.2) is 24.3 Å². The number of benzene rings is 1. The number of non-ortho nitro benzene ring substituents is 1. The van der Waals surface area contributed by atoms with Crippen LogP contribution in [0, 0.1) is 10.1 Å². The van der Waals surface area contributed by atoms with E-state index in [1.807, 2.05) is 0 Å². The van der Waals surface area contributed by atoms with Crippen molar-refractivity contribution in [2.24, 2.45) is 5.73 Å². The Morgan fingerprint density at radius 1 is 1.27 bits per heavy atom. The van der Waals surface area contributed by atoms with Gasteiger partial charge in [-0.1, -0.05) is 0 Å². The van der Waals surface area contributed by atoms with Crippen molar-refractivity contribution in [3.05, 3.63) is 39.9 Å². The van der Waals surface area contributed by atoms with Crippen molar-refractivity contribution in [3.63, 3.8) is 0 Å². The average molecular weight is 324 g/mol. The summed E-state index contributed by atoms with van der Waals surface area (Å²) in [4.78, 5) is 29.4. The molecule has 3 N–H and O–H groups in total. The van der Waals surface area contributed by atoms with Gasteiger partial charge in [-0.05, 0) is 17.7 Å². The van der Waals surface area contributed by atoms with Crippen LogP contribution in [0.5, 0.6) is 0 Å². The fourth-order valence-electron chi connectivity index (χ4n) is 0.937. The lowest BCUT2D eigenvalue weighted by Crippen LogP contribution is -2.21. The van der Waals surface area contributed by atoms with Crippen LogP contribution in [0.2, 0.25) is 0 Å². The number of ether oxygens (including phenoxy) is 1. The number of carboxylic acids is 1. The minimum atomic E-state index is -5.08. The van der Waals surface area contributed by atoms with Gasteiger partial charge in [0.2, 0.25) is 0 Å². The highest BCUT2D eigenvalue weighted by Gasteiger charge is 2.38. The molecule has 0 aliphatic carbocycles. The van der Waals surface area contributed by atoms with Gasteiger partial charge in [0.1, 0.15) is 6.61 Å². The second-order valence-electron chi connectivity index (χ2n) is 3.59. The number of carboxylic acid groups (broad SMARTS) is 1. The third-order valence-corrected chi connectivity index (χ3v) is 1.96. The zero-order valence-electron chi connectivity index (χ0n) is 10.9. The average Bonchev–Trinajstić information content (AvgIpc) is 2.44. The fourth-order valence-corrected chi connectivity index (χ4v) is 0.937. The second-order valence-corrected chi connectivity index (χ2v) is 3.59. The van der Waals surface area contributed by atoms with Crippen LogP contribution in [0.25, 0.3) is 0 Å². The van der Waals surface area contributed by atoms with E-state index in [4.69, 9.17) is 20.4 Å². The van der Waals surface area contributed by atoms with Gasteiger partial charge in [-0.2, -0.15) is 13.2 Å². The molecular formula is C11H11F3N2O6. The predicted molar refractivity (Wildman–Crippen MR) is 65.6 cm³/mol. The smallest absolute Gasteiger partial charge is 0.475 e. The quantitative estimate of drug-likeness (QED) is 0.483. The number of rotatable bonds is 4. The molecule has 0 bridgehead atoms. The number of carbonyl (C=O) groups excluding carboxylic acids is 1. The van der Waals surface area contributed by atoms with Gasteiger partial charge in [-0.25, -0.2) is 4.79 Å². The third kappa shape index (κ3) is 7.79. The molecule has 0 unspecified atom stereocenters. The van der Waals surface area contributed by atoms with Crippen LogP contribution in [0.3, 0.4) is 0 Å². The number of aliphatic carboxylic acids is 1. The Bertz CT molecular complexity index is 530. The molecule has 0 saturated heterocycles. The normalized spacial score (nSPS) is 10.2. The van der Waals surface area contributed by atoms with E-state index in [0.29, 0.717) is 5.56 Å². The van der Waals surface area contributed by atoms with Crippen LogP contribution in [-0.2, 0) is 20.9 Å². The molecule has 1 aromatic carbocycles. The molecule has 22 heavy (non-hydrogen) atoms. The predicted octanol–water partition coefficient (Wildman–Crippen LogP) is 1.23. The number of nitro groups is 1. The van der Waals surface area contributed by atoms with E-state index in [-0.39, 0.29) is 18.8 Å². The van der Waals surface area contributed by atoms with E-state index in [9.17, 15) is 28.1 Å². The first-order chi connectivity index (χ1) is 10.1. The lowest BCUT2D eigenvalue weighted by molar-refractivity contribution is -0.384. The van der Waals surface area contributed by atoms with Crippen molar-refractivity contribution in [2.45, 2.75) is 12.8 Å². The zero-order chi connectivity index (χ0) is 17.3.